The SMILES string of the molecule is CC1(N)CCCCC1C(=O)N1CCC(Oc2ccc(F)cc2F)CC1.Cl. The van der Waals surface area contributed by atoms with Crippen LogP contribution in [0.25, 0.3) is 0 Å². The maximum absolute atomic E-state index is 13.7. The first-order chi connectivity index (χ1) is 11.9. The second-order valence-corrected chi connectivity index (χ2v) is 7.52. The van der Waals surface area contributed by atoms with Crippen LogP contribution in [0.4, 0.5) is 8.78 Å². The molecular formula is C19H27ClF2N2O2. The van der Waals surface area contributed by atoms with E-state index < -0.39 is 17.2 Å². The van der Waals surface area contributed by atoms with E-state index in [0.717, 1.165) is 31.7 Å². The van der Waals surface area contributed by atoms with Crippen molar-refractivity contribution in [3.8, 4) is 5.75 Å². The number of nitrogens with two attached hydrogens (primary N) is 1. The fourth-order valence-corrected chi connectivity index (χ4v) is 3.93. The van der Waals surface area contributed by atoms with E-state index in [2.05, 4.69) is 0 Å². The lowest BCUT2D eigenvalue weighted by Crippen LogP contribution is -2.55. The summed E-state index contributed by atoms with van der Waals surface area (Å²) in [6.07, 6.45) is 4.96. The molecule has 1 aromatic carbocycles. The van der Waals surface area contributed by atoms with Crippen LogP contribution >= 0.6 is 12.4 Å². The van der Waals surface area contributed by atoms with Crippen molar-refractivity contribution >= 4 is 18.3 Å². The van der Waals surface area contributed by atoms with Gasteiger partial charge >= 0.3 is 0 Å². The van der Waals surface area contributed by atoms with Crippen LogP contribution in [0.3, 0.4) is 0 Å². The third-order valence-electron chi connectivity index (χ3n) is 5.49. The number of likely N-dealkylation sites (tertiary alicyclic amines) is 1. The van der Waals surface area contributed by atoms with E-state index in [4.69, 9.17) is 10.5 Å². The molecule has 1 aliphatic carbocycles. The molecule has 0 aromatic heterocycles. The van der Waals surface area contributed by atoms with Crippen LogP contribution in [-0.2, 0) is 4.79 Å². The highest BCUT2D eigenvalue weighted by Crippen LogP contribution is 2.33. The number of rotatable bonds is 3. The molecule has 2 atom stereocenters. The van der Waals surface area contributed by atoms with Crippen molar-refractivity contribution in [3.05, 3.63) is 29.8 Å². The van der Waals surface area contributed by atoms with Gasteiger partial charge in [-0.2, -0.15) is 0 Å². The van der Waals surface area contributed by atoms with Crippen LogP contribution in [-0.4, -0.2) is 35.5 Å². The van der Waals surface area contributed by atoms with E-state index >= 15 is 0 Å². The summed E-state index contributed by atoms with van der Waals surface area (Å²) in [5, 5.41) is 0. The maximum Gasteiger partial charge on any atom is 0.227 e. The van der Waals surface area contributed by atoms with Gasteiger partial charge in [0.25, 0.3) is 0 Å². The fraction of sp³-hybridized carbons (Fsp3) is 0.632. The Balaban J connectivity index is 0.00000243. The van der Waals surface area contributed by atoms with Crippen LogP contribution in [0.1, 0.15) is 45.4 Å². The summed E-state index contributed by atoms with van der Waals surface area (Å²) in [7, 11) is 0. The smallest absolute Gasteiger partial charge is 0.227 e. The van der Waals surface area contributed by atoms with E-state index in [1.807, 2.05) is 11.8 Å². The summed E-state index contributed by atoms with van der Waals surface area (Å²) >= 11 is 0. The van der Waals surface area contributed by atoms with Crippen LogP contribution in [0.5, 0.6) is 5.75 Å². The number of ether oxygens (including phenoxy) is 1. The first-order valence-corrected chi connectivity index (χ1v) is 9.06. The minimum atomic E-state index is -0.695. The van der Waals surface area contributed by atoms with Gasteiger partial charge in [-0.25, -0.2) is 8.78 Å². The molecule has 1 saturated carbocycles. The Morgan fingerprint density at radius 3 is 2.54 bits per heavy atom. The number of halogens is 3. The Morgan fingerprint density at radius 1 is 1.23 bits per heavy atom. The predicted molar refractivity (Wildman–Crippen MR) is 98.4 cm³/mol. The topological polar surface area (TPSA) is 55.6 Å². The van der Waals surface area contributed by atoms with Crippen molar-refractivity contribution < 1.29 is 18.3 Å². The standard InChI is InChI=1S/C19H26F2N2O2.ClH/c1-19(22)9-3-2-4-15(19)18(24)23-10-7-14(8-11-23)25-17-6-5-13(20)12-16(17)21;/h5-6,12,14-15H,2-4,7-11,22H2,1H3;1H. The molecule has 2 unspecified atom stereocenters. The molecule has 7 heteroatoms. The van der Waals surface area contributed by atoms with Crippen molar-refractivity contribution in [2.75, 3.05) is 13.1 Å². The molecule has 1 saturated heterocycles. The van der Waals surface area contributed by atoms with Gasteiger partial charge in [-0.1, -0.05) is 12.8 Å². The molecule has 146 valence electrons. The maximum atomic E-state index is 13.7. The van der Waals surface area contributed by atoms with Gasteiger partial charge in [0, 0.05) is 37.5 Å². The van der Waals surface area contributed by atoms with E-state index in [0.29, 0.717) is 25.9 Å². The average Bonchev–Trinajstić information content (AvgIpc) is 2.57. The van der Waals surface area contributed by atoms with Gasteiger partial charge in [0.05, 0.1) is 5.92 Å². The predicted octanol–water partition coefficient (Wildman–Crippen LogP) is 3.66. The second-order valence-electron chi connectivity index (χ2n) is 7.52. The number of carbonyl (C=O) groups excluding carboxylic acids is 1. The Labute approximate surface area is 159 Å². The molecule has 1 heterocycles. The molecule has 0 bridgehead atoms. The van der Waals surface area contributed by atoms with Crippen LogP contribution < -0.4 is 10.5 Å². The van der Waals surface area contributed by atoms with Gasteiger partial charge in [-0.15, -0.1) is 12.4 Å². The first-order valence-electron chi connectivity index (χ1n) is 9.06. The zero-order valence-electron chi connectivity index (χ0n) is 15.0. The van der Waals surface area contributed by atoms with Crippen molar-refractivity contribution in [2.45, 2.75) is 57.1 Å². The Hall–Kier alpha value is -1.40. The molecule has 2 aliphatic rings. The van der Waals surface area contributed by atoms with Crippen molar-refractivity contribution in [2.24, 2.45) is 11.7 Å². The van der Waals surface area contributed by atoms with Gasteiger partial charge in [0.15, 0.2) is 11.6 Å². The van der Waals surface area contributed by atoms with Gasteiger partial charge in [-0.05, 0) is 31.9 Å². The molecule has 1 aliphatic heterocycles. The second kappa shape index (κ2) is 8.53. The number of piperidine rings is 1. The van der Waals surface area contributed by atoms with E-state index in [1.165, 1.54) is 12.1 Å². The third kappa shape index (κ3) is 4.65. The Bertz CT molecular complexity index is 634. The minimum Gasteiger partial charge on any atom is -0.487 e. The summed E-state index contributed by atoms with van der Waals surface area (Å²) in [5.74, 6) is -1.24. The van der Waals surface area contributed by atoms with Gasteiger partial charge in [0.2, 0.25) is 5.91 Å². The number of amides is 1. The van der Waals surface area contributed by atoms with E-state index in [1.54, 1.807) is 0 Å². The first kappa shape index (κ1) is 20.9. The van der Waals surface area contributed by atoms with Crippen LogP contribution in [0, 0.1) is 17.6 Å². The zero-order valence-corrected chi connectivity index (χ0v) is 15.9. The summed E-state index contributed by atoms with van der Waals surface area (Å²) < 4.78 is 32.3. The molecule has 2 fully saturated rings. The lowest BCUT2D eigenvalue weighted by Gasteiger charge is -2.41. The Morgan fingerprint density at radius 2 is 1.92 bits per heavy atom. The summed E-state index contributed by atoms with van der Waals surface area (Å²) in [5.41, 5.74) is 5.91. The number of benzene rings is 1. The molecule has 1 aromatic rings. The lowest BCUT2D eigenvalue weighted by atomic mass is 9.74. The van der Waals surface area contributed by atoms with Crippen LogP contribution in [0.15, 0.2) is 18.2 Å². The van der Waals surface area contributed by atoms with Gasteiger partial charge in [-0.3, -0.25) is 4.79 Å². The molecule has 1 amide bonds. The highest BCUT2D eigenvalue weighted by molar-refractivity contribution is 5.85. The van der Waals surface area contributed by atoms with Crippen LogP contribution in [0.2, 0.25) is 0 Å². The van der Waals surface area contributed by atoms with Gasteiger partial charge < -0.3 is 15.4 Å². The zero-order chi connectivity index (χ0) is 18.0. The van der Waals surface area contributed by atoms with Crippen molar-refractivity contribution in [1.29, 1.82) is 0 Å². The quantitative estimate of drug-likeness (QED) is 0.859. The number of carbonyl (C=O) groups is 1. The van der Waals surface area contributed by atoms with Crippen molar-refractivity contribution in [1.82, 2.24) is 4.90 Å². The van der Waals surface area contributed by atoms with Crippen molar-refractivity contribution in [3.63, 3.8) is 0 Å². The summed E-state index contributed by atoms with van der Waals surface area (Å²) in [6.45, 7) is 3.14. The molecule has 4 nitrogen and oxygen atoms in total. The normalized spacial score (nSPS) is 26.9. The fourth-order valence-electron chi connectivity index (χ4n) is 3.93. The monoisotopic (exact) mass is 388 g/mol. The minimum absolute atomic E-state index is 0. The molecule has 0 radical (unpaired) electrons. The van der Waals surface area contributed by atoms with E-state index in [9.17, 15) is 13.6 Å². The molecular weight excluding hydrogens is 362 g/mol. The number of nitrogens with zero attached hydrogens (tertiary/aromatic N) is 1. The average molecular weight is 389 g/mol. The number of hydrogen-bond acceptors (Lipinski definition) is 3. The number of hydrogen-bond donors (Lipinski definition) is 1. The lowest BCUT2D eigenvalue weighted by molar-refractivity contribution is -0.140. The van der Waals surface area contributed by atoms with Gasteiger partial charge in [0.1, 0.15) is 11.9 Å². The highest BCUT2D eigenvalue weighted by atomic mass is 35.5. The molecule has 3 rings (SSSR count). The molecule has 26 heavy (non-hydrogen) atoms. The summed E-state index contributed by atoms with van der Waals surface area (Å²) in [6, 6.07) is 3.31. The molecule has 2 N–H and O–H groups in total. The molecule has 0 spiro atoms. The highest BCUT2D eigenvalue weighted by Gasteiger charge is 2.40. The largest absolute Gasteiger partial charge is 0.487 e. The summed E-state index contributed by atoms with van der Waals surface area (Å²) in [4.78, 5) is 14.7. The van der Waals surface area contributed by atoms with E-state index in [-0.39, 0.29) is 36.1 Å². The Kier molecular flexibility index (Phi) is 6.86. The third-order valence-corrected chi connectivity index (χ3v) is 5.49.